The molecule has 0 aliphatic heterocycles. The Morgan fingerprint density at radius 1 is 1.20 bits per heavy atom. The molecule has 4 nitrogen and oxygen atoms in total. The molecule has 1 aromatic rings. The SMILES string of the molecule is CCCOCCCC(=O)Nc1ccc(OCCCl)cc1. The Morgan fingerprint density at radius 3 is 2.60 bits per heavy atom. The molecular weight excluding hydrogens is 278 g/mol. The molecule has 0 spiro atoms. The normalized spacial score (nSPS) is 10.3. The van der Waals surface area contributed by atoms with Crippen LogP contribution in [0.3, 0.4) is 0 Å². The zero-order valence-corrected chi connectivity index (χ0v) is 12.6. The fourth-order valence-corrected chi connectivity index (χ4v) is 1.67. The smallest absolute Gasteiger partial charge is 0.224 e. The van der Waals surface area contributed by atoms with Crippen LogP contribution in [0.15, 0.2) is 24.3 Å². The third-order valence-corrected chi connectivity index (χ3v) is 2.68. The number of benzene rings is 1. The van der Waals surface area contributed by atoms with Gasteiger partial charge < -0.3 is 14.8 Å². The summed E-state index contributed by atoms with van der Waals surface area (Å²) in [6.45, 7) is 3.93. The zero-order valence-electron chi connectivity index (χ0n) is 11.9. The Labute approximate surface area is 125 Å². The van der Waals surface area contributed by atoms with Gasteiger partial charge >= 0.3 is 0 Å². The van der Waals surface area contributed by atoms with Crippen molar-refractivity contribution in [2.75, 3.05) is 31.0 Å². The predicted molar refractivity (Wildman–Crippen MR) is 81.6 cm³/mol. The molecule has 0 heterocycles. The van der Waals surface area contributed by atoms with Crippen LogP contribution in [-0.2, 0) is 9.53 Å². The molecule has 5 heteroatoms. The summed E-state index contributed by atoms with van der Waals surface area (Å²) in [6.07, 6.45) is 2.21. The fraction of sp³-hybridized carbons (Fsp3) is 0.533. The lowest BCUT2D eigenvalue weighted by atomic mass is 10.2. The van der Waals surface area contributed by atoms with Crippen molar-refractivity contribution >= 4 is 23.2 Å². The van der Waals surface area contributed by atoms with Crippen LogP contribution < -0.4 is 10.1 Å². The Morgan fingerprint density at radius 2 is 1.95 bits per heavy atom. The van der Waals surface area contributed by atoms with Gasteiger partial charge in [0, 0.05) is 25.3 Å². The molecule has 0 radical (unpaired) electrons. The molecule has 0 bridgehead atoms. The van der Waals surface area contributed by atoms with Gasteiger partial charge in [-0.3, -0.25) is 4.79 Å². The van der Waals surface area contributed by atoms with E-state index in [1.54, 1.807) is 0 Å². The summed E-state index contributed by atoms with van der Waals surface area (Å²) in [5, 5.41) is 2.84. The van der Waals surface area contributed by atoms with E-state index in [2.05, 4.69) is 12.2 Å². The average Bonchev–Trinajstić information content (AvgIpc) is 2.46. The standard InChI is InChI=1S/C15H22ClNO3/c1-2-10-19-11-3-4-15(18)17-13-5-7-14(8-6-13)20-12-9-16/h5-8H,2-4,9-12H2,1H3,(H,17,18). The molecule has 0 fully saturated rings. The summed E-state index contributed by atoms with van der Waals surface area (Å²) in [5.74, 6) is 1.20. The van der Waals surface area contributed by atoms with E-state index in [4.69, 9.17) is 21.1 Å². The number of carbonyl (C=O) groups excluding carboxylic acids is 1. The lowest BCUT2D eigenvalue weighted by Gasteiger charge is -2.07. The van der Waals surface area contributed by atoms with E-state index in [-0.39, 0.29) is 5.91 Å². The minimum atomic E-state index is -0.000440. The molecule has 112 valence electrons. The second kappa shape index (κ2) is 10.5. The van der Waals surface area contributed by atoms with Crippen LogP contribution in [0.5, 0.6) is 5.75 Å². The van der Waals surface area contributed by atoms with Crippen LogP contribution in [0.1, 0.15) is 26.2 Å². The minimum Gasteiger partial charge on any atom is -0.492 e. The van der Waals surface area contributed by atoms with Crippen LogP contribution in [0.4, 0.5) is 5.69 Å². The summed E-state index contributed by atoms with van der Waals surface area (Å²) in [6, 6.07) is 7.25. The van der Waals surface area contributed by atoms with E-state index >= 15 is 0 Å². The highest BCUT2D eigenvalue weighted by Gasteiger charge is 2.02. The minimum absolute atomic E-state index is 0.000440. The zero-order chi connectivity index (χ0) is 14.6. The molecule has 1 aromatic carbocycles. The first-order valence-corrected chi connectivity index (χ1v) is 7.46. The van der Waals surface area contributed by atoms with E-state index in [0.717, 1.165) is 30.9 Å². The van der Waals surface area contributed by atoms with Gasteiger partial charge in [0.15, 0.2) is 0 Å². The molecule has 0 aromatic heterocycles. The number of alkyl halides is 1. The number of ether oxygens (including phenoxy) is 2. The Kier molecular flexibility index (Phi) is 8.83. The van der Waals surface area contributed by atoms with Crippen molar-refractivity contribution in [2.24, 2.45) is 0 Å². The largest absolute Gasteiger partial charge is 0.492 e. The molecule has 1 N–H and O–H groups in total. The molecule has 1 amide bonds. The van der Waals surface area contributed by atoms with E-state index in [1.165, 1.54) is 0 Å². The molecular formula is C15H22ClNO3. The van der Waals surface area contributed by atoms with Gasteiger partial charge in [-0.1, -0.05) is 6.92 Å². The lowest BCUT2D eigenvalue weighted by molar-refractivity contribution is -0.116. The molecule has 0 atom stereocenters. The third kappa shape index (κ3) is 7.36. The first-order valence-electron chi connectivity index (χ1n) is 6.92. The van der Waals surface area contributed by atoms with Crippen molar-refractivity contribution in [3.8, 4) is 5.75 Å². The number of rotatable bonds is 10. The molecule has 0 unspecified atom stereocenters. The molecule has 0 aliphatic rings. The van der Waals surface area contributed by atoms with Gasteiger partial charge in [0.25, 0.3) is 0 Å². The Bertz CT molecular complexity index is 381. The lowest BCUT2D eigenvalue weighted by Crippen LogP contribution is -2.12. The predicted octanol–water partition coefficient (Wildman–Crippen LogP) is 3.45. The number of nitrogens with one attached hydrogen (secondary N) is 1. The summed E-state index contributed by atoms with van der Waals surface area (Å²) in [4.78, 5) is 11.7. The number of halogens is 1. The summed E-state index contributed by atoms with van der Waals surface area (Å²) in [5.41, 5.74) is 0.766. The maximum absolute atomic E-state index is 11.7. The van der Waals surface area contributed by atoms with Crippen molar-refractivity contribution < 1.29 is 14.3 Å². The Balaban J connectivity index is 2.24. The average molecular weight is 300 g/mol. The highest BCUT2D eigenvalue weighted by atomic mass is 35.5. The second-order valence-electron chi connectivity index (χ2n) is 4.33. The van der Waals surface area contributed by atoms with Gasteiger partial charge in [0.2, 0.25) is 5.91 Å². The van der Waals surface area contributed by atoms with Crippen molar-refractivity contribution in [3.63, 3.8) is 0 Å². The van der Waals surface area contributed by atoms with E-state index in [0.29, 0.717) is 25.5 Å². The van der Waals surface area contributed by atoms with Crippen LogP contribution in [-0.4, -0.2) is 31.6 Å². The maximum Gasteiger partial charge on any atom is 0.224 e. The van der Waals surface area contributed by atoms with E-state index in [1.807, 2.05) is 24.3 Å². The number of hydrogen-bond donors (Lipinski definition) is 1. The van der Waals surface area contributed by atoms with Crippen LogP contribution in [0.2, 0.25) is 0 Å². The highest BCUT2D eigenvalue weighted by Crippen LogP contribution is 2.16. The van der Waals surface area contributed by atoms with E-state index < -0.39 is 0 Å². The van der Waals surface area contributed by atoms with Crippen LogP contribution >= 0.6 is 11.6 Å². The monoisotopic (exact) mass is 299 g/mol. The highest BCUT2D eigenvalue weighted by molar-refractivity contribution is 6.18. The van der Waals surface area contributed by atoms with Gasteiger partial charge in [-0.2, -0.15) is 0 Å². The Hall–Kier alpha value is -1.26. The van der Waals surface area contributed by atoms with Crippen molar-refractivity contribution in [1.82, 2.24) is 0 Å². The van der Waals surface area contributed by atoms with Gasteiger partial charge in [0.1, 0.15) is 12.4 Å². The van der Waals surface area contributed by atoms with Gasteiger partial charge in [-0.15, -0.1) is 11.6 Å². The van der Waals surface area contributed by atoms with Crippen LogP contribution in [0.25, 0.3) is 0 Å². The number of carbonyl (C=O) groups is 1. The number of hydrogen-bond acceptors (Lipinski definition) is 3. The molecule has 0 aliphatic carbocycles. The van der Waals surface area contributed by atoms with Gasteiger partial charge in [-0.25, -0.2) is 0 Å². The van der Waals surface area contributed by atoms with Gasteiger partial charge in [-0.05, 0) is 37.1 Å². The fourth-order valence-electron chi connectivity index (χ4n) is 1.60. The first kappa shape index (κ1) is 16.8. The first-order chi connectivity index (χ1) is 9.76. The topological polar surface area (TPSA) is 47.6 Å². The quantitative estimate of drug-likeness (QED) is 0.532. The van der Waals surface area contributed by atoms with Crippen molar-refractivity contribution in [1.29, 1.82) is 0 Å². The van der Waals surface area contributed by atoms with Gasteiger partial charge in [0.05, 0.1) is 5.88 Å². The second-order valence-corrected chi connectivity index (χ2v) is 4.70. The molecule has 1 rings (SSSR count). The summed E-state index contributed by atoms with van der Waals surface area (Å²) < 4.78 is 10.7. The number of anilines is 1. The molecule has 0 saturated heterocycles. The van der Waals surface area contributed by atoms with Crippen LogP contribution in [0, 0.1) is 0 Å². The van der Waals surface area contributed by atoms with Crippen molar-refractivity contribution in [3.05, 3.63) is 24.3 Å². The van der Waals surface area contributed by atoms with Crippen molar-refractivity contribution in [2.45, 2.75) is 26.2 Å². The summed E-state index contributed by atoms with van der Waals surface area (Å²) in [7, 11) is 0. The third-order valence-electron chi connectivity index (χ3n) is 2.52. The number of amides is 1. The molecule has 20 heavy (non-hydrogen) atoms. The maximum atomic E-state index is 11.7. The molecule has 0 saturated carbocycles. The summed E-state index contributed by atoms with van der Waals surface area (Å²) >= 11 is 5.54. The van der Waals surface area contributed by atoms with E-state index in [9.17, 15) is 4.79 Å².